The number of aryl methyl sites for hydroxylation is 1. The third-order valence-electron chi connectivity index (χ3n) is 2.23. The Bertz CT molecular complexity index is 445. The zero-order valence-electron chi connectivity index (χ0n) is 8.37. The molecule has 0 N–H and O–H groups in total. The van der Waals surface area contributed by atoms with Crippen molar-refractivity contribution < 1.29 is 4.42 Å². The van der Waals surface area contributed by atoms with Gasteiger partial charge in [-0.1, -0.05) is 30.7 Å². The summed E-state index contributed by atoms with van der Waals surface area (Å²) in [5.41, 5.74) is 2.16. The van der Waals surface area contributed by atoms with Gasteiger partial charge in [0.2, 0.25) is 0 Å². The van der Waals surface area contributed by atoms with E-state index in [9.17, 15) is 0 Å². The molecule has 0 spiro atoms. The fourth-order valence-corrected chi connectivity index (χ4v) is 1.70. The van der Waals surface area contributed by atoms with Crippen LogP contribution in [0.15, 0.2) is 41.0 Å². The largest absolute Gasteiger partial charge is 0.469 e. The Hall–Kier alpha value is -1.21. The molecule has 1 radical (unpaired) electrons. The normalized spacial score (nSPS) is 10.5. The van der Waals surface area contributed by atoms with Gasteiger partial charge in [-0.05, 0) is 30.2 Å². The maximum absolute atomic E-state index is 5.92. The molecule has 0 aliphatic rings. The molecule has 1 aromatic carbocycles. The number of hydrogen-bond acceptors (Lipinski definition) is 1. The first-order chi connectivity index (χ1) is 7.29. The lowest BCUT2D eigenvalue weighted by Crippen LogP contribution is -1.76. The fraction of sp³-hybridized carbons (Fsp3) is 0.154. The van der Waals surface area contributed by atoms with Gasteiger partial charge in [0, 0.05) is 17.0 Å². The van der Waals surface area contributed by atoms with Crippen LogP contribution >= 0.6 is 11.6 Å². The summed E-state index contributed by atoms with van der Waals surface area (Å²) in [4.78, 5) is 0. The summed E-state index contributed by atoms with van der Waals surface area (Å²) in [5, 5.41) is 0.743. The highest BCUT2D eigenvalue weighted by molar-refractivity contribution is 6.30. The van der Waals surface area contributed by atoms with Crippen LogP contribution in [0.3, 0.4) is 0 Å². The topological polar surface area (TPSA) is 13.1 Å². The lowest BCUT2D eigenvalue weighted by Gasteiger charge is -1.96. The van der Waals surface area contributed by atoms with Gasteiger partial charge in [0.1, 0.15) is 5.76 Å². The number of hydrogen-bond donors (Lipinski definition) is 0. The summed E-state index contributed by atoms with van der Waals surface area (Å²) in [7, 11) is 0. The summed E-state index contributed by atoms with van der Waals surface area (Å²) in [6.45, 7) is 3.80. The maximum atomic E-state index is 5.92. The van der Waals surface area contributed by atoms with Crippen molar-refractivity contribution >= 4 is 11.6 Å². The van der Waals surface area contributed by atoms with E-state index in [4.69, 9.17) is 16.0 Å². The molecule has 0 aliphatic carbocycles. The Morgan fingerprint density at radius 1 is 1.20 bits per heavy atom. The summed E-state index contributed by atoms with van der Waals surface area (Å²) in [6, 6.07) is 9.79. The second kappa shape index (κ2) is 4.54. The summed E-state index contributed by atoms with van der Waals surface area (Å²) >= 11 is 5.92. The molecule has 77 valence electrons. The van der Waals surface area contributed by atoms with Crippen LogP contribution in [-0.2, 0) is 6.42 Å². The van der Waals surface area contributed by atoms with E-state index in [1.54, 1.807) is 6.26 Å². The van der Waals surface area contributed by atoms with Crippen molar-refractivity contribution in [3.8, 4) is 11.1 Å². The molecule has 1 aromatic heterocycles. The van der Waals surface area contributed by atoms with Crippen LogP contribution in [-0.4, -0.2) is 0 Å². The summed E-state index contributed by atoms with van der Waals surface area (Å²) in [5.74, 6) is 0.972. The minimum atomic E-state index is 0.743. The van der Waals surface area contributed by atoms with Crippen molar-refractivity contribution in [2.45, 2.75) is 12.8 Å². The Labute approximate surface area is 94.7 Å². The molecular weight excluding hydrogens is 208 g/mol. The average Bonchev–Trinajstić information content (AvgIpc) is 2.67. The summed E-state index contributed by atoms with van der Waals surface area (Å²) in [6.07, 6.45) is 3.49. The van der Waals surface area contributed by atoms with Crippen molar-refractivity contribution in [2.24, 2.45) is 0 Å². The van der Waals surface area contributed by atoms with Crippen LogP contribution in [0.5, 0.6) is 0 Å². The minimum Gasteiger partial charge on any atom is -0.469 e. The Morgan fingerprint density at radius 3 is 2.80 bits per heavy atom. The zero-order chi connectivity index (χ0) is 10.7. The fourth-order valence-electron chi connectivity index (χ4n) is 1.51. The van der Waals surface area contributed by atoms with Gasteiger partial charge in [-0.2, -0.15) is 0 Å². The van der Waals surface area contributed by atoms with Gasteiger partial charge in [0.15, 0.2) is 0 Å². The molecule has 0 bridgehead atoms. The van der Waals surface area contributed by atoms with Gasteiger partial charge in [-0.25, -0.2) is 0 Å². The van der Waals surface area contributed by atoms with Crippen molar-refractivity contribution in [1.29, 1.82) is 0 Å². The minimum absolute atomic E-state index is 0.743. The highest BCUT2D eigenvalue weighted by Crippen LogP contribution is 2.25. The first-order valence-corrected chi connectivity index (χ1v) is 5.30. The van der Waals surface area contributed by atoms with Gasteiger partial charge in [-0.15, -0.1) is 0 Å². The standard InChI is InChI=1S/C13H12ClO/c1-2-4-13-8-11(9-15-13)10-5-3-6-12(14)7-10/h3,5-9H,1-2,4H2. The van der Waals surface area contributed by atoms with E-state index < -0.39 is 0 Å². The van der Waals surface area contributed by atoms with Gasteiger partial charge < -0.3 is 4.42 Å². The van der Waals surface area contributed by atoms with Gasteiger partial charge >= 0.3 is 0 Å². The molecule has 2 aromatic rings. The SMILES string of the molecule is [CH2]CCc1cc(-c2cccc(Cl)c2)co1. The molecule has 0 saturated heterocycles. The Morgan fingerprint density at radius 2 is 2.07 bits per heavy atom. The third-order valence-corrected chi connectivity index (χ3v) is 2.47. The van der Waals surface area contributed by atoms with E-state index in [0.29, 0.717) is 0 Å². The predicted molar refractivity (Wildman–Crippen MR) is 62.8 cm³/mol. The predicted octanol–water partition coefficient (Wildman–Crippen LogP) is 4.37. The second-order valence-electron chi connectivity index (χ2n) is 3.42. The quantitative estimate of drug-likeness (QED) is 0.747. The molecular formula is C13H12ClO. The van der Waals surface area contributed by atoms with Crippen LogP contribution < -0.4 is 0 Å². The lowest BCUT2D eigenvalue weighted by atomic mass is 10.1. The molecule has 0 unspecified atom stereocenters. The highest BCUT2D eigenvalue weighted by atomic mass is 35.5. The van der Waals surface area contributed by atoms with Crippen molar-refractivity contribution in [2.75, 3.05) is 0 Å². The molecule has 2 heteroatoms. The highest BCUT2D eigenvalue weighted by Gasteiger charge is 2.03. The number of benzene rings is 1. The smallest absolute Gasteiger partial charge is 0.104 e. The van der Waals surface area contributed by atoms with Crippen molar-refractivity contribution in [1.82, 2.24) is 0 Å². The molecule has 0 amide bonds. The maximum Gasteiger partial charge on any atom is 0.104 e. The first kappa shape index (κ1) is 10.3. The van der Waals surface area contributed by atoms with Gasteiger partial charge in [0.25, 0.3) is 0 Å². The van der Waals surface area contributed by atoms with Crippen molar-refractivity contribution in [3.05, 3.63) is 54.3 Å². The lowest BCUT2D eigenvalue weighted by molar-refractivity contribution is 0.510. The van der Waals surface area contributed by atoms with Crippen LogP contribution in [0.1, 0.15) is 12.2 Å². The number of halogens is 1. The van der Waals surface area contributed by atoms with Crippen LogP contribution in [0.25, 0.3) is 11.1 Å². The van der Waals surface area contributed by atoms with E-state index in [0.717, 1.165) is 34.8 Å². The molecule has 0 atom stereocenters. The first-order valence-electron chi connectivity index (χ1n) is 4.92. The molecule has 2 rings (SSSR count). The van der Waals surface area contributed by atoms with Gasteiger partial charge in [0.05, 0.1) is 6.26 Å². The Balaban J connectivity index is 2.29. The van der Waals surface area contributed by atoms with E-state index in [-0.39, 0.29) is 0 Å². The third kappa shape index (κ3) is 2.42. The summed E-state index contributed by atoms with van der Waals surface area (Å²) < 4.78 is 5.42. The number of rotatable bonds is 3. The number of furan rings is 1. The van der Waals surface area contributed by atoms with E-state index in [1.165, 1.54) is 0 Å². The molecule has 0 fully saturated rings. The van der Waals surface area contributed by atoms with E-state index in [2.05, 4.69) is 6.92 Å². The van der Waals surface area contributed by atoms with Gasteiger partial charge in [-0.3, -0.25) is 0 Å². The molecule has 1 nitrogen and oxygen atoms in total. The zero-order valence-corrected chi connectivity index (χ0v) is 9.13. The van der Waals surface area contributed by atoms with E-state index in [1.807, 2.05) is 30.3 Å². The molecule has 0 saturated carbocycles. The molecule has 15 heavy (non-hydrogen) atoms. The van der Waals surface area contributed by atoms with E-state index >= 15 is 0 Å². The molecule has 0 aliphatic heterocycles. The average molecular weight is 220 g/mol. The second-order valence-corrected chi connectivity index (χ2v) is 3.85. The molecule has 1 heterocycles. The van der Waals surface area contributed by atoms with Crippen LogP contribution in [0.2, 0.25) is 5.02 Å². The monoisotopic (exact) mass is 219 g/mol. The van der Waals surface area contributed by atoms with Crippen LogP contribution in [0.4, 0.5) is 0 Å². The Kier molecular flexibility index (Phi) is 3.12. The van der Waals surface area contributed by atoms with Crippen molar-refractivity contribution in [3.63, 3.8) is 0 Å². The van der Waals surface area contributed by atoms with Crippen LogP contribution in [0, 0.1) is 6.92 Å².